The van der Waals surface area contributed by atoms with E-state index in [1.807, 2.05) is 33.3 Å². The Morgan fingerprint density at radius 3 is 1.10 bits per heavy atom. The lowest BCUT2D eigenvalue weighted by atomic mass is 10.0. The van der Waals surface area contributed by atoms with Gasteiger partial charge in [-0.05, 0) is 122 Å². The Morgan fingerprint density at radius 1 is 0.414 bits per heavy atom. The minimum Gasteiger partial charge on any atom is -0.756 e. The summed E-state index contributed by atoms with van der Waals surface area (Å²) in [6.45, 7) is 6.61. The minimum absolute atomic E-state index is 0.0328. The molecule has 0 aliphatic carbocycles. The highest BCUT2D eigenvalue weighted by Crippen LogP contribution is 2.38. The second-order valence-corrected chi connectivity index (χ2v) is 26.0. The average molecular weight is 1230 g/mol. The summed E-state index contributed by atoms with van der Waals surface area (Å²) in [5.41, 5.74) is 0. The maximum atomic E-state index is 13.6. The summed E-state index contributed by atoms with van der Waals surface area (Å²) in [5, 5.41) is 3.04. The van der Waals surface area contributed by atoms with Crippen LogP contribution in [0.4, 0.5) is 0 Å². The van der Waals surface area contributed by atoms with E-state index in [1.54, 1.807) is 0 Å². The van der Waals surface area contributed by atoms with Crippen molar-refractivity contribution in [3.05, 3.63) is 134 Å². The third-order valence-corrected chi connectivity index (χ3v) is 16.0. The van der Waals surface area contributed by atoms with Gasteiger partial charge in [0.25, 0.3) is 7.82 Å². The molecule has 498 valence electrons. The molecule has 3 unspecified atom stereocenters. The van der Waals surface area contributed by atoms with Gasteiger partial charge >= 0.3 is 5.97 Å². The molecule has 0 spiro atoms. The molecule has 0 heterocycles. The number of phosphoric acid groups is 1. The van der Waals surface area contributed by atoms with Crippen molar-refractivity contribution < 1.29 is 37.3 Å². The van der Waals surface area contributed by atoms with Crippen molar-refractivity contribution >= 4 is 19.7 Å². The summed E-state index contributed by atoms with van der Waals surface area (Å²) in [6, 6.07) is -0.909. The fraction of sp³-hybridized carbons (Fsp3) is 0.688. The van der Waals surface area contributed by atoms with Gasteiger partial charge in [0.05, 0.1) is 33.8 Å². The molecule has 9 nitrogen and oxygen atoms in total. The van der Waals surface area contributed by atoms with E-state index in [9.17, 15) is 19.0 Å². The molecule has 0 saturated carbocycles. The molecule has 0 aromatic rings. The van der Waals surface area contributed by atoms with Crippen LogP contribution < -0.4 is 10.2 Å². The largest absolute Gasteiger partial charge is 0.756 e. The molecule has 0 aliphatic heterocycles. The van der Waals surface area contributed by atoms with Crippen molar-refractivity contribution in [3.63, 3.8) is 0 Å². The molecule has 0 rings (SSSR count). The molecular formula is C77H133N2O7P. The number of unbranched alkanes of at least 4 members (excludes halogenated alkanes) is 27. The van der Waals surface area contributed by atoms with Gasteiger partial charge in [0.1, 0.15) is 19.3 Å². The van der Waals surface area contributed by atoms with Crippen molar-refractivity contribution in [2.24, 2.45) is 0 Å². The highest BCUT2D eigenvalue weighted by molar-refractivity contribution is 7.45. The number of rotatable bonds is 63. The average Bonchev–Trinajstić information content (AvgIpc) is 3.69. The number of likely N-dealkylation sites (N-methyl/N-ethyl adjacent to an activating group) is 1. The summed E-state index contributed by atoms with van der Waals surface area (Å²) in [4.78, 5) is 40.2. The van der Waals surface area contributed by atoms with Crippen molar-refractivity contribution in [1.29, 1.82) is 0 Å². The Balaban J connectivity index is 5.15. The monoisotopic (exact) mass is 1230 g/mol. The van der Waals surface area contributed by atoms with Gasteiger partial charge in [-0.15, -0.1) is 0 Å². The minimum atomic E-state index is -4.72. The molecule has 3 atom stereocenters. The zero-order chi connectivity index (χ0) is 63.5. The summed E-state index contributed by atoms with van der Waals surface area (Å²) in [5.74, 6) is -0.569. The lowest BCUT2D eigenvalue weighted by Gasteiger charge is -2.30. The van der Waals surface area contributed by atoms with Crippen LogP contribution in [0.1, 0.15) is 290 Å². The molecular weight excluding hydrogens is 1100 g/mol. The molecule has 1 N–H and O–H groups in total. The first-order chi connectivity index (χ1) is 42.4. The number of allylic oxidation sites excluding steroid dienone is 21. The number of carbonyl (C=O) groups excluding carboxylic acids is 2. The zero-order valence-corrected chi connectivity index (χ0v) is 57.8. The van der Waals surface area contributed by atoms with Crippen LogP contribution in [0, 0.1) is 0 Å². The molecule has 87 heavy (non-hydrogen) atoms. The molecule has 0 saturated heterocycles. The van der Waals surface area contributed by atoms with Crippen molar-refractivity contribution in [1.82, 2.24) is 5.32 Å². The number of esters is 1. The van der Waals surface area contributed by atoms with Gasteiger partial charge in [-0.25, -0.2) is 0 Å². The SMILES string of the molecule is CC/C=C\C/C=C\C/C=C\C/C=C\C/C=C\CCCCCCCCCCCCCC(=O)NC(COP(=O)([O-])OCC[N+](C)(C)C)C(/C=C\CCCCCCCCCCCCC)OC(=O)CCCCCCC/C=C\C/C=C\C/C=C\C/C=C\C/C=C\CC. The maximum Gasteiger partial charge on any atom is 0.306 e. The van der Waals surface area contributed by atoms with E-state index in [1.165, 1.54) is 103 Å². The second kappa shape index (κ2) is 65.1. The number of amides is 1. The molecule has 1 amide bonds. The summed E-state index contributed by atoms with van der Waals surface area (Å²) in [6.07, 6.45) is 92.8. The van der Waals surface area contributed by atoms with Gasteiger partial charge < -0.3 is 28.5 Å². The predicted octanol–water partition coefficient (Wildman–Crippen LogP) is 22.2. The van der Waals surface area contributed by atoms with Crippen LogP contribution in [-0.4, -0.2) is 69.4 Å². The van der Waals surface area contributed by atoms with E-state index in [0.717, 1.165) is 148 Å². The van der Waals surface area contributed by atoms with Crippen molar-refractivity contribution in [2.75, 3.05) is 40.9 Å². The van der Waals surface area contributed by atoms with E-state index >= 15 is 0 Å². The Labute approximate surface area is 536 Å². The first-order valence-corrected chi connectivity index (χ1v) is 37.0. The molecule has 10 heteroatoms. The molecule has 0 bridgehead atoms. The topological polar surface area (TPSA) is 114 Å². The van der Waals surface area contributed by atoms with Crippen LogP contribution in [0.3, 0.4) is 0 Å². The van der Waals surface area contributed by atoms with Gasteiger partial charge in [-0.1, -0.05) is 290 Å². The maximum absolute atomic E-state index is 13.6. The lowest BCUT2D eigenvalue weighted by Crippen LogP contribution is -2.47. The van der Waals surface area contributed by atoms with E-state index in [4.69, 9.17) is 13.8 Å². The Bertz CT molecular complexity index is 1950. The third kappa shape index (κ3) is 66.4. The van der Waals surface area contributed by atoms with Crippen molar-refractivity contribution in [3.8, 4) is 0 Å². The quantitative estimate of drug-likeness (QED) is 0.0212. The number of hydrogen-bond donors (Lipinski definition) is 1. The number of phosphoric ester groups is 1. The normalized spacial score (nSPS) is 14.3. The fourth-order valence-corrected chi connectivity index (χ4v) is 10.4. The Kier molecular flexibility index (Phi) is 62.2. The zero-order valence-electron chi connectivity index (χ0n) is 56.9. The van der Waals surface area contributed by atoms with Crippen LogP contribution in [0.5, 0.6) is 0 Å². The first-order valence-electron chi connectivity index (χ1n) is 35.5. The van der Waals surface area contributed by atoms with E-state index < -0.39 is 26.6 Å². The number of ether oxygens (including phenoxy) is 1. The molecule has 0 aliphatic rings. The van der Waals surface area contributed by atoms with Crippen LogP contribution in [0.2, 0.25) is 0 Å². The Hall–Kier alpha value is -3.85. The van der Waals surface area contributed by atoms with Crippen LogP contribution in [0.15, 0.2) is 134 Å². The van der Waals surface area contributed by atoms with Crippen LogP contribution >= 0.6 is 7.82 Å². The number of nitrogens with one attached hydrogen (secondary N) is 1. The summed E-state index contributed by atoms with van der Waals surface area (Å²) in [7, 11) is 1.16. The van der Waals surface area contributed by atoms with E-state index in [0.29, 0.717) is 23.9 Å². The van der Waals surface area contributed by atoms with Gasteiger partial charge in [0, 0.05) is 12.8 Å². The van der Waals surface area contributed by atoms with E-state index in [-0.39, 0.29) is 24.9 Å². The third-order valence-electron chi connectivity index (χ3n) is 15.1. The van der Waals surface area contributed by atoms with Gasteiger partial charge in [-0.2, -0.15) is 0 Å². The number of carbonyl (C=O) groups is 2. The van der Waals surface area contributed by atoms with Crippen LogP contribution in [-0.2, 0) is 27.9 Å². The highest BCUT2D eigenvalue weighted by atomic mass is 31.2. The fourth-order valence-electron chi connectivity index (χ4n) is 9.69. The number of hydrogen-bond acceptors (Lipinski definition) is 7. The van der Waals surface area contributed by atoms with Crippen molar-refractivity contribution in [2.45, 2.75) is 303 Å². The van der Waals surface area contributed by atoms with Gasteiger partial charge in [-0.3, -0.25) is 14.2 Å². The second-order valence-electron chi connectivity index (χ2n) is 24.6. The highest BCUT2D eigenvalue weighted by Gasteiger charge is 2.27. The molecule has 0 aromatic heterocycles. The molecule has 0 aromatic carbocycles. The van der Waals surface area contributed by atoms with Crippen LogP contribution in [0.25, 0.3) is 0 Å². The molecule has 0 radical (unpaired) electrons. The lowest BCUT2D eigenvalue weighted by molar-refractivity contribution is -0.870. The number of nitrogens with zero attached hydrogens (tertiary/aromatic N) is 1. The van der Waals surface area contributed by atoms with E-state index in [2.05, 4.69) is 148 Å². The van der Waals surface area contributed by atoms with Gasteiger partial charge in [0.2, 0.25) is 5.91 Å². The smallest absolute Gasteiger partial charge is 0.306 e. The first kappa shape index (κ1) is 83.2. The summed E-state index contributed by atoms with van der Waals surface area (Å²) < 4.78 is 30.4. The number of quaternary nitrogens is 1. The van der Waals surface area contributed by atoms with Gasteiger partial charge in [0.15, 0.2) is 0 Å². The Morgan fingerprint density at radius 2 is 0.736 bits per heavy atom. The molecule has 0 fully saturated rings. The predicted molar refractivity (Wildman–Crippen MR) is 376 cm³/mol. The summed E-state index contributed by atoms with van der Waals surface area (Å²) >= 11 is 0. The standard InChI is InChI=1S/C77H133N2O7P/c1-7-10-13-16-19-22-25-28-30-32-34-36-37-38-39-40-41-43-44-46-48-51-54-57-60-63-66-69-76(80)78-74(73-85-87(82,83)84-72-71-79(4,5)6)75(68-65-62-59-56-53-50-27-24-21-18-15-12-9-3)86-77(81)70-67-64-61-58-55-52-49-47-45-42-35-33-31-29-26-23-20-17-14-11-8-2/h10-11,13-14,19-20,22-23,28-31,34-36,38-39,42,47,49,65,68,74-75H,7-9,12,15-18,21,24-27,32-33,37,40-41,43-46,48,50-64,66-67,69-73H2,1-6H3,(H-,78,80,82,83)/b13-10-,14-11-,22-19-,23-20-,30-28-,31-29-,36-34-,39-38-,42-35-,49-47-,68-65-.